The van der Waals surface area contributed by atoms with Crippen molar-refractivity contribution < 1.29 is 26.7 Å². The number of benzene rings is 1. The van der Waals surface area contributed by atoms with Crippen LogP contribution in [0.3, 0.4) is 0 Å². The summed E-state index contributed by atoms with van der Waals surface area (Å²) in [5.41, 5.74) is 1.84. The van der Waals surface area contributed by atoms with E-state index in [1.807, 2.05) is 25.1 Å². The molecule has 0 bridgehead atoms. The van der Waals surface area contributed by atoms with Crippen molar-refractivity contribution in [3.8, 4) is 5.75 Å². The number of hydrogen-bond donors (Lipinski definition) is 0. The van der Waals surface area contributed by atoms with Crippen molar-refractivity contribution in [1.29, 1.82) is 0 Å². The summed E-state index contributed by atoms with van der Waals surface area (Å²) < 4.78 is 10.9. The van der Waals surface area contributed by atoms with Crippen molar-refractivity contribution >= 4 is 5.78 Å². The summed E-state index contributed by atoms with van der Waals surface area (Å²) in [6, 6.07) is 5.79. The minimum atomic E-state index is 0. The van der Waals surface area contributed by atoms with Crippen LogP contribution in [0.2, 0.25) is 0 Å². The summed E-state index contributed by atoms with van der Waals surface area (Å²) in [4.78, 5) is 13.9. The van der Waals surface area contributed by atoms with Gasteiger partial charge in [0.2, 0.25) is 0 Å². The van der Waals surface area contributed by atoms with E-state index in [9.17, 15) is 4.79 Å². The Kier molecular flexibility index (Phi) is 6.99. The molecule has 1 heterocycles. The second-order valence-corrected chi connectivity index (χ2v) is 4.74. The van der Waals surface area contributed by atoms with E-state index in [0.29, 0.717) is 12.2 Å². The highest BCUT2D eigenvalue weighted by Gasteiger charge is 2.12. The zero-order valence-corrected chi connectivity index (χ0v) is 12.8. The first-order valence-corrected chi connectivity index (χ1v) is 6.77. The maximum absolute atomic E-state index is 11.6. The lowest BCUT2D eigenvalue weighted by atomic mass is 10.1. The lowest BCUT2D eigenvalue weighted by molar-refractivity contribution is -0.0000145. The first-order valence-electron chi connectivity index (χ1n) is 6.77. The molecule has 1 aliphatic heterocycles. The second-order valence-electron chi connectivity index (χ2n) is 4.74. The van der Waals surface area contributed by atoms with Crippen LogP contribution in [0.15, 0.2) is 18.2 Å². The average molecular weight is 299 g/mol. The quantitative estimate of drug-likeness (QED) is 0.662. The van der Waals surface area contributed by atoms with E-state index in [4.69, 9.17) is 9.47 Å². The van der Waals surface area contributed by atoms with Gasteiger partial charge in [0.05, 0.1) is 19.8 Å². The minimum Gasteiger partial charge on any atom is -1.00 e. The van der Waals surface area contributed by atoms with Crippen molar-refractivity contribution in [2.24, 2.45) is 0 Å². The highest BCUT2D eigenvalue weighted by atomic mass is 35.5. The summed E-state index contributed by atoms with van der Waals surface area (Å²) in [6.45, 7) is 8.42. The number of morpholine rings is 1. The van der Waals surface area contributed by atoms with Crippen molar-refractivity contribution in [3.63, 3.8) is 0 Å². The van der Waals surface area contributed by atoms with Crippen molar-refractivity contribution in [2.45, 2.75) is 20.4 Å². The smallest absolute Gasteiger partial charge is 0.159 e. The summed E-state index contributed by atoms with van der Waals surface area (Å²) in [7, 11) is 0. The fourth-order valence-corrected chi connectivity index (χ4v) is 2.22. The molecule has 0 N–H and O–H groups in total. The molecule has 0 unspecified atom stereocenters. The molecule has 0 amide bonds. The summed E-state index contributed by atoms with van der Waals surface area (Å²) >= 11 is 0. The van der Waals surface area contributed by atoms with Gasteiger partial charge >= 0.3 is 0 Å². The highest BCUT2D eigenvalue weighted by molar-refractivity contribution is 5.94. The Balaban J connectivity index is 0.00000200. The molecule has 1 aromatic rings. The Bertz CT molecular complexity index is 445. The molecule has 1 aromatic carbocycles. The molecule has 0 radical (unpaired) electrons. The third-order valence-electron chi connectivity index (χ3n) is 3.19. The van der Waals surface area contributed by atoms with Crippen molar-refractivity contribution in [3.05, 3.63) is 29.3 Å². The van der Waals surface area contributed by atoms with Crippen LogP contribution >= 0.6 is 0 Å². The van der Waals surface area contributed by atoms with Gasteiger partial charge in [-0.05, 0) is 37.6 Å². The third-order valence-corrected chi connectivity index (χ3v) is 3.19. The fourth-order valence-electron chi connectivity index (χ4n) is 2.22. The molecule has 0 spiro atoms. The molecule has 0 saturated carbocycles. The lowest BCUT2D eigenvalue weighted by Gasteiger charge is -2.26. The number of nitrogens with zero attached hydrogens (tertiary/aromatic N) is 1. The average Bonchev–Trinajstić information content (AvgIpc) is 2.40. The molecular formula is C15H21ClNO3-. The van der Waals surface area contributed by atoms with Gasteiger partial charge in [0.1, 0.15) is 5.75 Å². The monoisotopic (exact) mass is 298 g/mol. The van der Waals surface area contributed by atoms with Crippen molar-refractivity contribution in [1.82, 2.24) is 4.90 Å². The number of rotatable bonds is 5. The van der Waals surface area contributed by atoms with Gasteiger partial charge in [0.25, 0.3) is 0 Å². The van der Waals surface area contributed by atoms with Crippen LogP contribution in [-0.4, -0.2) is 43.6 Å². The largest absolute Gasteiger partial charge is 1.00 e. The molecule has 1 saturated heterocycles. The van der Waals surface area contributed by atoms with Gasteiger partial charge in [0.15, 0.2) is 5.78 Å². The number of ether oxygens (including phenoxy) is 2. The number of carbonyl (C=O) groups is 1. The molecule has 20 heavy (non-hydrogen) atoms. The molecule has 1 fully saturated rings. The third kappa shape index (κ3) is 4.78. The zero-order chi connectivity index (χ0) is 13.7. The Morgan fingerprint density at radius 2 is 2.00 bits per heavy atom. The van der Waals surface area contributed by atoms with Gasteiger partial charge in [0, 0.05) is 25.2 Å². The molecule has 2 rings (SSSR count). The molecule has 5 heteroatoms. The number of carbonyl (C=O) groups excluding carboxylic acids is 1. The van der Waals surface area contributed by atoms with E-state index >= 15 is 0 Å². The molecule has 112 valence electrons. The van der Waals surface area contributed by atoms with Gasteiger partial charge in [-0.15, -0.1) is 0 Å². The van der Waals surface area contributed by atoms with Gasteiger partial charge < -0.3 is 21.9 Å². The molecule has 4 nitrogen and oxygen atoms in total. The predicted molar refractivity (Wildman–Crippen MR) is 73.7 cm³/mol. The van der Waals surface area contributed by atoms with Crippen LogP contribution in [0.25, 0.3) is 0 Å². The Hall–Kier alpha value is -1.10. The van der Waals surface area contributed by atoms with E-state index < -0.39 is 0 Å². The standard InChI is InChI=1S/C15H21NO3.ClH/c1-3-19-15-9-13(8-14(10-15)12(2)17)11-16-4-6-18-7-5-16;/h8-10H,3-7,11H2,1-2H3;1H/p-1. The molecule has 0 aromatic heterocycles. The zero-order valence-electron chi connectivity index (χ0n) is 12.0. The van der Waals surface area contributed by atoms with Crippen LogP contribution < -0.4 is 17.1 Å². The summed E-state index contributed by atoms with van der Waals surface area (Å²) in [5, 5.41) is 0. The first-order chi connectivity index (χ1) is 9.19. The van der Waals surface area contributed by atoms with Crippen molar-refractivity contribution in [2.75, 3.05) is 32.9 Å². The fraction of sp³-hybridized carbons (Fsp3) is 0.533. The van der Waals surface area contributed by atoms with Gasteiger partial charge in [-0.1, -0.05) is 0 Å². The van der Waals surface area contributed by atoms with E-state index in [0.717, 1.165) is 44.2 Å². The Morgan fingerprint density at radius 3 is 2.60 bits per heavy atom. The molecule has 0 atom stereocenters. The summed E-state index contributed by atoms with van der Waals surface area (Å²) in [5.74, 6) is 0.850. The number of ketones is 1. The number of Topliss-reactive ketones (excluding diaryl/α,β-unsaturated/α-hetero) is 1. The topological polar surface area (TPSA) is 38.8 Å². The van der Waals surface area contributed by atoms with Crippen LogP contribution in [0.5, 0.6) is 5.75 Å². The van der Waals surface area contributed by atoms with E-state index in [1.54, 1.807) is 6.92 Å². The number of hydrogen-bond acceptors (Lipinski definition) is 4. The van der Waals surface area contributed by atoms with Crippen LogP contribution in [0.1, 0.15) is 29.8 Å². The summed E-state index contributed by atoms with van der Waals surface area (Å²) in [6.07, 6.45) is 0. The van der Waals surface area contributed by atoms with Crippen LogP contribution in [0.4, 0.5) is 0 Å². The maximum Gasteiger partial charge on any atom is 0.159 e. The van der Waals surface area contributed by atoms with Crippen LogP contribution in [0, 0.1) is 0 Å². The first kappa shape index (κ1) is 17.0. The van der Waals surface area contributed by atoms with Gasteiger partial charge in [-0.25, -0.2) is 0 Å². The minimum absolute atomic E-state index is 0. The maximum atomic E-state index is 11.6. The van der Waals surface area contributed by atoms with E-state index in [-0.39, 0.29) is 18.2 Å². The Labute approximate surface area is 126 Å². The normalized spacial score (nSPS) is 15.5. The second kappa shape index (κ2) is 8.25. The Morgan fingerprint density at radius 1 is 1.30 bits per heavy atom. The lowest BCUT2D eigenvalue weighted by Crippen LogP contribution is -3.00. The van der Waals surface area contributed by atoms with Gasteiger partial charge in [-0.3, -0.25) is 9.69 Å². The van der Waals surface area contributed by atoms with Crippen LogP contribution in [-0.2, 0) is 11.3 Å². The predicted octanol–water partition coefficient (Wildman–Crippen LogP) is -0.876. The molecular weight excluding hydrogens is 278 g/mol. The molecule has 0 aliphatic carbocycles. The number of halogens is 1. The molecule has 1 aliphatic rings. The SMILES string of the molecule is CCOc1cc(CN2CCOCC2)cc(C(C)=O)c1.[Cl-]. The van der Waals surface area contributed by atoms with E-state index in [1.165, 1.54) is 0 Å². The highest BCUT2D eigenvalue weighted by Crippen LogP contribution is 2.19. The van der Waals surface area contributed by atoms with E-state index in [2.05, 4.69) is 4.90 Å². The van der Waals surface area contributed by atoms with Gasteiger partial charge in [-0.2, -0.15) is 0 Å².